The van der Waals surface area contributed by atoms with Gasteiger partial charge in [-0.1, -0.05) is 32.1 Å². The maximum Gasteiger partial charge on any atom is 0.325 e. The van der Waals surface area contributed by atoms with Crippen LogP contribution < -0.4 is 14.8 Å². The van der Waals surface area contributed by atoms with Crippen molar-refractivity contribution in [1.29, 1.82) is 0 Å². The lowest BCUT2D eigenvalue weighted by atomic mass is 10.0. The second-order valence-electron chi connectivity index (χ2n) is 9.54. The molecule has 2 fully saturated rings. The van der Waals surface area contributed by atoms with Crippen molar-refractivity contribution >= 4 is 22.0 Å². The van der Waals surface area contributed by atoms with Gasteiger partial charge < -0.3 is 9.64 Å². The van der Waals surface area contributed by atoms with E-state index < -0.39 is 32.9 Å². The minimum absolute atomic E-state index is 0.127. The number of hydrogen-bond donors (Lipinski definition) is 2. The number of benzene rings is 1. The van der Waals surface area contributed by atoms with E-state index in [0.717, 1.165) is 0 Å². The summed E-state index contributed by atoms with van der Waals surface area (Å²) in [5, 5.41) is 2.27. The largest absolute Gasteiger partial charge is 0.490 e. The summed E-state index contributed by atoms with van der Waals surface area (Å²) in [4.78, 5) is 25.0. The molecule has 0 bridgehead atoms. The normalized spacial score (nSPS) is 19.4. The van der Waals surface area contributed by atoms with E-state index in [4.69, 9.17) is 4.74 Å². The molecular weight excluding hydrogens is 449 g/mol. The molecule has 1 aromatic carbocycles. The van der Waals surface area contributed by atoms with Crippen molar-refractivity contribution in [3.63, 3.8) is 0 Å². The van der Waals surface area contributed by atoms with Crippen molar-refractivity contribution in [2.24, 2.45) is 5.92 Å². The number of carbonyl (C=O) groups is 2. The molecule has 0 unspecified atom stereocenters. The summed E-state index contributed by atoms with van der Waals surface area (Å²) in [5.41, 5.74) is -0.987. The maximum absolute atomic E-state index is 14.1. The third kappa shape index (κ3) is 5.92. The number of sulfonamides is 1. The van der Waals surface area contributed by atoms with Gasteiger partial charge in [0.05, 0.1) is 17.9 Å². The standard InChI is InChI=1S/C23H32FN3O5S/c1-16(2)15-32-19-14-17(8-9-18(19)24)23(10-11-23)26-33(30,31)13-7-5-6-12-27-21(29)25-20(28)22(27,3)4/h5-6,8-9,14,16,26H,7,10-13,15H2,1-4H3,(H,25,28,29)/b6-5+. The average Bonchev–Trinajstić information content (AvgIpc) is 3.45. The third-order valence-corrected chi connectivity index (χ3v) is 7.34. The highest BCUT2D eigenvalue weighted by atomic mass is 32.2. The molecule has 0 spiro atoms. The second-order valence-corrected chi connectivity index (χ2v) is 11.4. The summed E-state index contributed by atoms with van der Waals surface area (Å²) in [7, 11) is -3.60. The van der Waals surface area contributed by atoms with Gasteiger partial charge in [0.25, 0.3) is 5.91 Å². The Labute approximate surface area is 194 Å². The fourth-order valence-corrected chi connectivity index (χ4v) is 5.08. The quantitative estimate of drug-likeness (QED) is 0.373. The fourth-order valence-electron chi connectivity index (χ4n) is 3.62. The highest BCUT2D eigenvalue weighted by Gasteiger charge is 2.47. The molecule has 0 radical (unpaired) electrons. The maximum atomic E-state index is 14.1. The smallest absolute Gasteiger partial charge is 0.325 e. The number of allylic oxidation sites excluding steroid dienone is 1. The van der Waals surface area contributed by atoms with Crippen LogP contribution in [0.5, 0.6) is 5.75 Å². The molecule has 1 saturated carbocycles. The lowest BCUT2D eigenvalue weighted by Gasteiger charge is -2.26. The van der Waals surface area contributed by atoms with Crippen molar-refractivity contribution in [1.82, 2.24) is 14.9 Å². The minimum atomic E-state index is -3.60. The van der Waals surface area contributed by atoms with E-state index in [2.05, 4.69) is 10.0 Å². The summed E-state index contributed by atoms with van der Waals surface area (Å²) < 4.78 is 47.8. The first-order valence-electron chi connectivity index (χ1n) is 11.1. The van der Waals surface area contributed by atoms with Crippen LogP contribution in [0.1, 0.15) is 52.5 Å². The summed E-state index contributed by atoms with van der Waals surface area (Å²) in [5.74, 6) is -0.596. The van der Waals surface area contributed by atoms with E-state index in [-0.39, 0.29) is 36.3 Å². The van der Waals surface area contributed by atoms with Crippen LogP contribution in [0.2, 0.25) is 0 Å². The number of ether oxygens (including phenoxy) is 1. The van der Waals surface area contributed by atoms with E-state index in [1.807, 2.05) is 13.8 Å². The van der Waals surface area contributed by atoms with Crippen molar-refractivity contribution in [3.05, 3.63) is 41.7 Å². The molecular formula is C23H32FN3O5S. The van der Waals surface area contributed by atoms with Crippen LogP contribution in [-0.4, -0.2) is 49.7 Å². The zero-order chi connectivity index (χ0) is 24.4. The first kappa shape index (κ1) is 25.2. The Bertz CT molecular complexity index is 1050. The first-order chi connectivity index (χ1) is 15.4. The second kappa shape index (κ2) is 9.42. The van der Waals surface area contributed by atoms with Crippen molar-refractivity contribution in [3.8, 4) is 5.75 Å². The highest BCUT2D eigenvalue weighted by molar-refractivity contribution is 7.89. The van der Waals surface area contributed by atoms with Gasteiger partial charge in [0.15, 0.2) is 11.6 Å². The zero-order valence-corrected chi connectivity index (χ0v) is 20.3. The molecule has 0 atom stereocenters. The molecule has 1 saturated heterocycles. The number of hydrogen-bond acceptors (Lipinski definition) is 5. The lowest BCUT2D eigenvalue weighted by molar-refractivity contribution is -0.124. The summed E-state index contributed by atoms with van der Waals surface area (Å²) >= 11 is 0. The van der Waals surface area contributed by atoms with Gasteiger partial charge in [0.1, 0.15) is 5.54 Å². The summed E-state index contributed by atoms with van der Waals surface area (Å²) in [6, 6.07) is 4.02. The van der Waals surface area contributed by atoms with E-state index in [1.54, 1.807) is 38.1 Å². The van der Waals surface area contributed by atoms with E-state index in [9.17, 15) is 22.4 Å². The molecule has 182 valence electrons. The summed E-state index contributed by atoms with van der Waals surface area (Å²) in [6.07, 6.45) is 4.87. The SMILES string of the molecule is CC(C)COc1cc(C2(NS(=O)(=O)CC/C=C/CN3C(=O)NC(=O)C3(C)C)CC2)ccc1F. The molecule has 1 heterocycles. The van der Waals surface area contributed by atoms with Crippen LogP contribution in [0.25, 0.3) is 0 Å². The Balaban J connectivity index is 1.56. The van der Waals surface area contributed by atoms with Gasteiger partial charge in [-0.15, -0.1) is 0 Å². The molecule has 3 amide bonds. The number of rotatable bonds is 11. The van der Waals surface area contributed by atoms with Gasteiger partial charge in [-0.3, -0.25) is 10.1 Å². The Morgan fingerprint density at radius 2 is 1.94 bits per heavy atom. The Morgan fingerprint density at radius 3 is 2.52 bits per heavy atom. The first-order valence-corrected chi connectivity index (χ1v) is 12.7. The number of halogens is 1. The molecule has 1 aliphatic heterocycles. The topological polar surface area (TPSA) is 105 Å². The number of nitrogens with zero attached hydrogens (tertiary/aromatic N) is 1. The van der Waals surface area contributed by atoms with Gasteiger partial charge in [-0.05, 0) is 56.7 Å². The molecule has 33 heavy (non-hydrogen) atoms. The molecule has 1 aliphatic carbocycles. The highest BCUT2D eigenvalue weighted by Crippen LogP contribution is 2.47. The Kier molecular flexibility index (Phi) is 7.18. The van der Waals surface area contributed by atoms with Crippen molar-refractivity contribution in [2.75, 3.05) is 18.9 Å². The molecule has 2 aliphatic rings. The van der Waals surface area contributed by atoms with Gasteiger partial charge in [-0.25, -0.2) is 22.3 Å². The molecule has 0 aromatic heterocycles. The van der Waals surface area contributed by atoms with Crippen LogP contribution in [0, 0.1) is 11.7 Å². The Hall–Kier alpha value is -2.46. The van der Waals surface area contributed by atoms with Gasteiger partial charge in [-0.2, -0.15) is 0 Å². The van der Waals surface area contributed by atoms with Crippen LogP contribution >= 0.6 is 0 Å². The third-order valence-electron chi connectivity index (χ3n) is 5.86. The van der Waals surface area contributed by atoms with Gasteiger partial charge in [0, 0.05) is 6.54 Å². The Morgan fingerprint density at radius 1 is 1.24 bits per heavy atom. The van der Waals surface area contributed by atoms with Crippen LogP contribution in [0.3, 0.4) is 0 Å². The van der Waals surface area contributed by atoms with Crippen LogP contribution in [0.4, 0.5) is 9.18 Å². The molecule has 2 N–H and O–H groups in total. The van der Waals surface area contributed by atoms with Crippen LogP contribution in [0.15, 0.2) is 30.4 Å². The average molecular weight is 482 g/mol. The van der Waals surface area contributed by atoms with E-state index in [1.165, 1.54) is 11.0 Å². The number of amides is 3. The van der Waals surface area contributed by atoms with Crippen LogP contribution in [-0.2, 0) is 20.4 Å². The van der Waals surface area contributed by atoms with Crippen molar-refractivity contribution in [2.45, 2.75) is 58.0 Å². The number of imide groups is 1. The predicted octanol–water partition coefficient (Wildman–Crippen LogP) is 3.05. The summed E-state index contributed by atoms with van der Waals surface area (Å²) in [6.45, 7) is 7.81. The molecule has 3 rings (SSSR count). The van der Waals surface area contributed by atoms with E-state index in [0.29, 0.717) is 25.0 Å². The minimum Gasteiger partial charge on any atom is -0.490 e. The number of nitrogens with one attached hydrogen (secondary N) is 2. The molecule has 1 aromatic rings. The van der Waals surface area contributed by atoms with Gasteiger partial charge in [0.2, 0.25) is 10.0 Å². The molecule has 8 nitrogen and oxygen atoms in total. The van der Waals surface area contributed by atoms with E-state index >= 15 is 0 Å². The molecule has 10 heteroatoms. The zero-order valence-electron chi connectivity index (χ0n) is 19.5. The monoisotopic (exact) mass is 481 g/mol. The predicted molar refractivity (Wildman–Crippen MR) is 123 cm³/mol. The lowest BCUT2D eigenvalue weighted by Crippen LogP contribution is -2.44. The van der Waals surface area contributed by atoms with Crippen molar-refractivity contribution < 1.29 is 27.1 Å². The number of carbonyl (C=O) groups excluding carboxylic acids is 2. The number of urea groups is 1. The fraction of sp³-hybridized carbons (Fsp3) is 0.565. The van der Waals surface area contributed by atoms with Gasteiger partial charge >= 0.3 is 6.03 Å².